The van der Waals surface area contributed by atoms with Crippen molar-refractivity contribution in [3.63, 3.8) is 0 Å². The molecule has 2 aromatic carbocycles. The van der Waals surface area contributed by atoms with Gasteiger partial charge in [0.2, 0.25) is 0 Å². The second kappa shape index (κ2) is 4.59. The Kier molecular flexibility index (Phi) is 2.91. The third kappa shape index (κ3) is 2.06. The molecule has 0 aliphatic heterocycles. The lowest BCUT2D eigenvalue weighted by Gasteiger charge is -2.04. The zero-order valence-electron chi connectivity index (χ0n) is 10.3. The highest BCUT2D eigenvalue weighted by Gasteiger charge is 2.16. The largest absolute Gasteiger partial charge is 0.289 e. The first kappa shape index (κ1) is 12.1. The lowest BCUT2D eigenvalue weighted by atomic mass is 9.99. The van der Waals surface area contributed by atoms with Gasteiger partial charge >= 0.3 is 0 Å². The Morgan fingerprint density at radius 1 is 1.11 bits per heavy atom. The van der Waals surface area contributed by atoms with Crippen LogP contribution in [-0.2, 0) is 0 Å². The molecule has 0 atom stereocenters. The summed E-state index contributed by atoms with van der Waals surface area (Å²) in [7, 11) is 0. The molecule has 0 amide bonds. The highest BCUT2D eigenvalue weighted by molar-refractivity contribution is 7.17. The van der Waals surface area contributed by atoms with Gasteiger partial charge in [-0.1, -0.05) is 24.3 Å². The Balaban J connectivity index is 2.16. The molecule has 1 aromatic heterocycles. The number of halogens is 1. The van der Waals surface area contributed by atoms with Crippen LogP contribution in [0.4, 0.5) is 4.39 Å². The maximum atomic E-state index is 13.3. The Bertz CT molecular complexity index is 773. The summed E-state index contributed by atoms with van der Waals surface area (Å²) in [5.41, 5.74) is 1.87. The highest BCUT2D eigenvalue weighted by atomic mass is 32.1. The van der Waals surface area contributed by atoms with E-state index >= 15 is 0 Å². The smallest absolute Gasteiger partial charge is 0.194 e. The minimum atomic E-state index is -0.381. The van der Waals surface area contributed by atoms with Crippen LogP contribution in [0.1, 0.15) is 21.5 Å². The molecular weight excluding hydrogens is 259 g/mol. The van der Waals surface area contributed by atoms with E-state index < -0.39 is 0 Å². The maximum Gasteiger partial charge on any atom is 0.194 e. The SMILES string of the molecule is Cc1ccc(F)cc1C(=O)c1csc2ccccc12. The standard InChI is InChI=1S/C16H11FOS/c1-10-6-7-11(17)8-13(10)16(18)14-9-19-15-5-3-2-4-12(14)15/h2-9H,1H3. The summed E-state index contributed by atoms with van der Waals surface area (Å²) in [6.07, 6.45) is 0. The summed E-state index contributed by atoms with van der Waals surface area (Å²) in [6.45, 7) is 1.82. The molecule has 0 aliphatic rings. The monoisotopic (exact) mass is 270 g/mol. The molecule has 1 nitrogen and oxygen atoms in total. The van der Waals surface area contributed by atoms with E-state index in [1.165, 1.54) is 23.5 Å². The fourth-order valence-electron chi connectivity index (χ4n) is 2.14. The van der Waals surface area contributed by atoms with Gasteiger partial charge < -0.3 is 0 Å². The van der Waals surface area contributed by atoms with Gasteiger partial charge in [0.15, 0.2) is 5.78 Å². The van der Waals surface area contributed by atoms with E-state index in [9.17, 15) is 9.18 Å². The average Bonchev–Trinajstić information content (AvgIpc) is 2.84. The molecule has 3 rings (SSSR count). The molecule has 0 N–H and O–H groups in total. The molecule has 0 saturated heterocycles. The van der Waals surface area contributed by atoms with Crippen LogP contribution >= 0.6 is 11.3 Å². The number of aryl methyl sites for hydroxylation is 1. The molecule has 0 aliphatic carbocycles. The fraction of sp³-hybridized carbons (Fsp3) is 0.0625. The van der Waals surface area contributed by atoms with Crippen LogP contribution in [0, 0.1) is 12.7 Å². The molecule has 0 spiro atoms. The summed E-state index contributed by atoms with van der Waals surface area (Å²) >= 11 is 1.53. The van der Waals surface area contributed by atoms with Crippen LogP contribution in [0.15, 0.2) is 47.8 Å². The minimum Gasteiger partial charge on any atom is -0.289 e. The van der Waals surface area contributed by atoms with Crippen molar-refractivity contribution in [3.05, 3.63) is 70.4 Å². The van der Waals surface area contributed by atoms with Crippen LogP contribution < -0.4 is 0 Å². The molecule has 0 fully saturated rings. The molecule has 1 heterocycles. The van der Waals surface area contributed by atoms with Crippen LogP contribution in [0.3, 0.4) is 0 Å². The van der Waals surface area contributed by atoms with Crippen molar-refractivity contribution in [2.45, 2.75) is 6.92 Å². The van der Waals surface area contributed by atoms with E-state index in [0.29, 0.717) is 11.1 Å². The van der Waals surface area contributed by atoms with Crippen LogP contribution in [-0.4, -0.2) is 5.78 Å². The van der Waals surface area contributed by atoms with Crippen molar-refractivity contribution in [1.29, 1.82) is 0 Å². The van der Waals surface area contributed by atoms with Crippen molar-refractivity contribution >= 4 is 27.2 Å². The van der Waals surface area contributed by atoms with Crippen molar-refractivity contribution in [3.8, 4) is 0 Å². The summed E-state index contributed by atoms with van der Waals surface area (Å²) in [6, 6.07) is 12.1. The number of thiophene rings is 1. The first-order valence-electron chi connectivity index (χ1n) is 5.94. The van der Waals surface area contributed by atoms with Gasteiger partial charge in [0.25, 0.3) is 0 Å². The Morgan fingerprint density at radius 3 is 2.74 bits per heavy atom. The number of carbonyl (C=O) groups is 1. The highest BCUT2D eigenvalue weighted by Crippen LogP contribution is 2.28. The van der Waals surface area contributed by atoms with Gasteiger partial charge in [-0.3, -0.25) is 4.79 Å². The predicted octanol–water partition coefficient (Wildman–Crippen LogP) is 4.58. The second-order valence-corrected chi connectivity index (χ2v) is 5.35. The summed E-state index contributed by atoms with van der Waals surface area (Å²) in [5.74, 6) is -0.497. The second-order valence-electron chi connectivity index (χ2n) is 4.43. The predicted molar refractivity (Wildman–Crippen MR) is 76.4 cm³/mol. The molecule has 94 valence electrons. The van der Waals surface area contributed by atoms with Gasteiger partial charge in [-0.05, 0) is 30.7 Å². The van der Waals surface area contributed by atoms with E-state index in [2.05, 4.69) is 0 Å². The third-order valence-electron chi connectivity index (χ3n) is 3.17. The van der Waals surface area contributed by atoms with E-state index in [1.807, 2.05) is 36.6 Å². The molecule has 0 bridgehead atoms. The van der Waals surface area contributed by atoms with E-state index in [4.69, 9.17) is 0 Å². The Labute approximate surface area is 114 Å². The number of hydrogen-bond acceptors (Lipinski definition) is 2. The number of carbonyl (C=O) groups excluding carboxylic acids is 1. The molecule has 19 heavy (non-hydrogen) atoms. The number of fused-ring (bicyclic) bond motifs is 1. The maximum absolute atomic E-state index is 13.3. The van der Waals surface area contributed by atoms with E-state index in [1.54, 1.807) is 6.07 Å². The van der Waals surface area contributed by atoms with E-state index in [-0.39, 0.29) is 11.6 Å². The first-order valence-corrected chi connectivity index (χ1v) is 6.82. The van der Waals surface area contributed by atoms with Gasteiger partial charge in [-0.15, -0.1) is 11.3 Å². The summed E-state index contributed by atoms with van der Waals surface area (Å²) in [4.78, 5) is 12.5. The van der Waals surface area contributed by atoms with E-state index in [0.717, 1.165) is 15.6 Å². The molecule has 3 heteroatoms. The number of benzene rings is 2. The normalized spacial score (nSPS) is 10.8. The summed E-state index contributed by atoms with van der Waals surface area (Å²) < 4.78 is 14.4. The third-order valence-corrected chi connectivity index (χ3v) is 4.13. The lowest BCUT2D eigenvalue weighted by Crippen LogP contribution is -2.03. The first-order chi connectivity index (χ1) is 9.16. The van der Waals surface area contributed by atoms with Crippen LogP contribution in [0.2, 0.25) is 0 Å². The van der Waals surface area contributed by atoms with Gasteiger partial charge in [-0.2, -0.15) is 0 Å². The topological polar surface area (TPSA) is 17.1 Å². The molecular formula is C16H11FOS. The quantitative estimate of drug-likeness (QED) is 0.623. The lowest BCUT2D eigenvalue weighted by molar-refractivity contribution is 0.103. The molecule has 0 radical (unpaired) electrons. The van der Waals surface area contributed by atoms with Crippen LogP contribution in [0.25, 0.3) is 10.1 Å². The molecule has 3 aromatic rings. The zero-order chi connectivity index (χ0) is 13.4. The summed E-state index contributed by atoms with van der Waals surface area (Å²) in [5, 5.41) is 2.78. The number of hydrogen-bond donors (Lipinski definition) is 0. The van der Waals surface area contributed by atoms with Crippen molar-refractivity contribution in [1.82, 2.24) is 0 Å². The van der Waals surface area contributed by atoms with Gasteiger partial charge in [0, 0.05) is 26.6 Å². The van der Waals surface area contributed by atoms with Crippen molar-refractivity contribution in [2.24, 2.45) is 0 Å². The van der Waals surface area contributed by atoms with Crippen LogP contribution in [0.5, 0.6) is 0 Å². The fourth-order valence-corrected chi connectivity index (χ4v) is 3.08. The minimum absolute atomic E-state index is 0.116. The number of ketones is 1. The molecule has 0 unspecified atom stereocenters. The molecule has 0 saturated carbocycles. The Hall–Kier alpha value is -2.00. The van der Waals surface area contributed by atoms with Gasteiger partial charge in [-0.25, -0.2) is 4.39 Å². The number of rotatable bonds is 2. The average molecular weight is 270 g/mol. The van der Waals surface area contributed by atoms with Gasteiger partial charge in [0.05, 0.1) is 0 Å². The van der Waals surface area contributed by atoms with Crippen molar-refractivity contribution < 1.29 is 9.18 Å². The zero-order valence-corrected chi connectivity index (χ0v) is 11.1. The van der Waals surface area contributed by atoms with Crippen molar-refractivity contribution in [2.75, 3.05) is 0 Å². The van der Waals surface area contributed by atoms with Gasteiger partial charge in [0.1, 0.15) is 5.82 Å². The Morgan fingerprint density at radius 2 is 1.89 bits per heavy atom.